The van der Waals surface area contributed by atoms with Gasteiger partial charge in [-0.05, 0) is 67.8 Å². The van der Waals surface area contributed by atoms with Gasteiger partial charge >= 0.3 is 0 Å². The molecule has 0 saturated heterocycles. The van der Waals surface area contributed by atoms with Crippen molar-refractivity contribution in [2.45, 2.75) is 89.3 Å². The Morgan fingerprint density at radius 2 is 1.69 bits per heavy atom. The lowest BCUT2D eigenvalue weighted by molar-refractivity contribution is 0.0909. The first-order chi connectivity index (χ1) is 23.4. The monoisotopic (exact) mass is 666 g/mol. The molecule has 262 valence electrons. The summed E-state index contributed by atoms with van der Waals surface area (Å²) >= 11 is 0. The topological polar surface area (TPSA) is 101 Å². The number of amides is 1. The van der Waals surface area contributed by atoms with Crippen molar-refractivity contribution >= 4 is 11.6 Å². The van der Waals surface area contributed by atoms with Crippen LogP contribution < -0.4 is 26.0 Å². The Hall–Kier alpha value is -3.54. The van der Waals surface area contributed by atoms with E-state index in [0.717, 1.165) is 53.5 Å². The molecule has 1 spiro atoms. The molecule has 1 saturated carbocycles. The molecule has 0 bridgehead atoms. The van der Waals surface area contributed by atoms with Gasteiger partial charge in [-0.2, -0.15) is 0 Å². The van der Waals surface area contributed by atoms with E-state index in [1.165, 1.54) is 51.4 Å². The number of benzene rings is 2. The van der Waals surface area contributed by atoms with Crippen molar-refractivity contribution in [3.8, 4) is 17.0 Å². The van der Waals surface area contributed by atoms with Crippen molar-refractivity contribution in [1.29, 1.82) is 0 Å². The molecule has 4 N–H and O–H groups in total. The van der Waals surface area contributed by atoms with E-state index in [1.54, 1.807) is 7.11 Å². The number of fused-ring (bicyclic) bond motifs is 2. The van der Waals surface area contributed by atoms with Crippen LogP contribution in [0.4, 0.5) is 14.5 Å². The third-order valence-corrected chi connectivity index (χ3v) is 9.61. The summed E-state index contributed by atoms with van der Waals surface area (Å²) < 4.78 is 37.8. The van der Waals surface area contributed by atoms with Crippen molar-refractivity contribution in [2.75, 3.05) is 51.8 Å². The summed E-state index contributed by atoms with van der Waals surface area (Å²) in [6.07, 6.45) is 11.9. The minimum atomic E-state index is -2.38. The number of carbonyl (C=O) groups excluding carboxylic acids is 1. The second-order valence-electron chi connectivity index (χ2n) is 13.1. The summed E-state index contributed by atoms with van der Waals surface area (Å²) in [7, 11) is 1.69. The lowest BCUT2D eigenvalue weighted by Gasteiger charge is -2.44. The van der Waals surface area contributed by atoms with Crippen molar-refractivity contribution < 1.29 is 23.0 Å². The van der Waals surface area contributed by atoms with Crippen molar-refractivity contribution in [1.82, 2.24) is 25.5 Å². The van der Waals surface area contributed by atoms with Gasteiger partial charge in [0.25, 0.3) is 12.3 Å². The van der Waals surface area contributed by atoms with E-state index in [1.807, 2.05) is 43.5 Å². The second-order valence-corrected chi connectivity index (χ2v) is 13.1. The summed E-state index contributed by atoms with van der Waals surface area (Å²) in [5.74, 6) is 1.63. The molecule has 1 atom stereocenters. The standard InChI is InChI=1S/C37H52F2N6O3/c1-27-23-29(13-16-31(27)36(46)41-20-22-48-21-19-40-25-33(38)39)44-34-35-42-24-32(28-11-14-30(47-2)15-12-28)45(35)37(26-43-34)17-9-7-5-3-4-6-8-10-18-37/h11-16,23-24,33-34,40,43-44H,3-10,17-22,25-26H2,1-2H3,(H,41,46). The van der Waals surface area contributed by atoms with Crippen molar-refractivity contribution in [3.63, 3.8) is 0 Å². The zero-order chi connectivity index (χ0) is 33.8. The van der Waals surface area contributed by atoms with Crippen LogP contribution >= 0.6 is 0 Å². The summed E-state index contributed by atoms with van der Waals surface area (Å²) in [5, 5.41) is 13.0. The second kappa shape index (κ2) is 17.7. The van der Waals surface area contributed by atoms with Crippen LogP contribution in [0.15, 0.2) is 48.7 Å². The fourth-order valence-electron chi connectivity index (χ4n) is 7.07. The van der Waals surface area contributed by atoms with Crippen LogP contribution in [0.25, 0.3) is 11.3 Å². The lowest BCUT2D eigenvalue weighted by atomic mass is 9.84. The van der Waals surface area contributed by atoms with Crippen LogP contribution in [0.3, 0.4) is 0 Å². The maximum absolute atomic E-state index is 12.9. The lowest BCUT2D eigenvalue weighted by Crippen LogP contribution is -2.52. The van der Waals surface area contributed by atoms with E-state index < -0.39 is 6.43 Å². The van der Waals surface area contributed by atoms with Gasteiger partial charge in [-0.25, -0.2) is 13.8 Å². The molecule has 1 aliphatic carbocycles. The number of nitrogens with one attached hydrogen (secondary N) is 4. The number of ether oxygens (including phenoxy) is 2. The third kappa shape index (κ3) is 9.33. The number of alkyl halides is 2. The first-order valence-electron chi connectivity index (χ1n) is 17.6. The van der Waals surface area contributed by atoms with Gasteiger partial charge in [0, 0.05) is 36.4 Å². The maximum atomic E-state index is 12.9. The molecule has 1 fully saturated rings. The van der Waals surface area contributed by atoms with Crippen LogP contribution in [-0.2, 0) is 10.3 Å². The Labute approximate surface area is 283 Å². The minimum absolute atomic E-state index is 0.0620. The van der Waals surface area contributed by atoms with Crippen molar-refractivity contribution in [3.05, 3.63) is 65.6 Å². The summed E-state index contributed by atoms with van der Waals surface area (Å²) in [5.41, 5.74) is 4.55. The zero-order valence-electron chi connectivity index (χ0n) is 28.5. The molecule has 3 aromatic rings. The Kier molecular flexibility index (Phi) is 13.2. The van der Waals surface area contributed by atoms with Gasteiger partial charge in [0.1, 0.15) is 17.7 Å². The Bertz CT molecular complexity index is 1440. The van der Waals surface area contributed by atoms with E-state index in [0.29, 0.717) is 31.9 Å². The van der Waals surface area contributed by atoms with Gasteiger partial charge in [-0.15, -0.1) is 0 Å². The van der Waals surface area contributed by atoms with E-state index >= 15 is 0 Å². The number of methoxy groups -OCH3 is 1. The molecule has 1 amide bonds. The number of imidazole rings is 1. The molecule has 11 heteroatoms. The van der Waals surface area contributed by atoms with E-state index in [4.69, 9.17) is 14.5 Å². The fourth-order valence-corrected chi connectivity index (χ4v) is 7.07. The van der Waals surface area contributed by atoms with Gasteiger partial charge in [-0.3, -0.25) is 10.1 Å². The highest BCUT2D eigenvalue weighted by Gasteiger charge is 2.41. The molecule has 2 heterocycles. The SMILES string of the molecule is COc1ccc(-c2cnc3n2C2(CCCCCCCCCC2)CNC3Nc2ccc(C(=O)NCCOCCNCC(F)F)c(C)c2)cc1. The number of hydrogen-bond acceptors (Lipinski definition) is 7. The predicted octanol–water partition coefficient (Wildman–Crippen LogP) is 6.79. The van der Waals surface area contributed by atoms with E-state index in [9.17, 15) is 13.6 Å². The highest BCUT2D eigenvalue weighted by molar-refractivity contribution is 5.96. The highest BCUT2D eigenvalue weighted by atomic mass is 19.3. The highest BCUT2D eigenvalue weighted by Crippen LogP contribution is 2.41. The molecule has 48 heavy (non-hydrogen) atoms. The third-order valence-electron chi connectivity index (χ3n) is 9.61. The number of rotatable bonds is 13. The van der Waals surface area contributed by atoms with Crippen LogP contribution in [0.5, 0.6) is 5.75 Å². The van der Waals surface area contributed by atoms with Gasteiger partial charge in [0.05, 0.1) is 44.3 Å². The molecule has 1 unspecified atom stereocenters. The molecule has 5 rings (SSSR count). The quantitative estimate of drug-likeness (QED) is 0.149. The smallest absolute Gasteiger partial charge is 0.251 e. The first-order valence-corrected chi connectivity index (χ1v) is 17.6. The number of carbonyl (C=O) groups is 1. The van der Waals surface area contributed by atoms with E-state index in [-0.39, 0.29) is 24.2 Å². The summed E-state index contributed by atoms with van der Waals surface area (Å²) in [6, 6.07) is 14.1. The summed E-state index contributed by atoms with van der Waals surface area (Å²) in [4.78, 5) is 17.9. The maximum Gasteiger partial charge on any atom is 0.251 e. The average Bonchev–Trinajstić information content (AvgIpc) is 3.52. The number of anilines is 1. The van der Waals surface area contributed by atoms with Crippen LogP contribution in [0.2, 0.25) is 0 Å². The van der Waals surface area contributed by atoms with Gasteiger partial charge in [-0.1, -0.05) is 51.4 Å². The van der Waals surface area contributed by atoms with Gasteiger partial charge < -0.3 is 30.0 Å². The molecule has 0 radical (unpaired) electrons. The molecule has 2 aromatic carbocycles. The number of hydrogen-bond donors (Lipinski definition) is 4. The van der Waals surface area contributed by atoms with Crippen LogP contribution in [0.1, 0.15) is 92.1 Å². The van der Waals surface area contributed by atoms with Gasteiger partial charge in [0.15, 0.2) is 0 Å². The number of halogens is 2. The minimum Gasteiger partial charge on any atom is -0.497 e. The molecule has 2 aliphatic rings. The van der Waals surface area contributed by atoms with Crippen LogP contribution in [-0.4, -0.2) is 68.4 Å². The Morgan fingerprint density at radius 1 is 1.00 bits per heavy atom. The predicted molar refractivity (Wildman–Crippen MR) is 186 cm³/mol. The first kappa shape index (κ1) is 35.8. The van der Waals surface area contributed by atoms with Crippen molar-refractivity contribution in [2.24, 2.45) is 0 Å². The molecule has 1 aromatic heterocycles. The fraction of sp³-hybridized carbons (Fsp3) is 0.568. The number of aromatic nitrogens is 2. The zero-order valence-corrected chi connectivity index (χ0v) is 28.5. The summed E-state index contributed by atoms with van der Waals surface area (Å²) in [6.45, 7) is 3.71. The van der Waals surface area contributed by atoms with Crippen LogP contribution in [0, 0.1) is 6.92 Å². The van der Waals surface area contributed by atoms with Gasteiger partial charge in [0.2, 0.25) is 0 Å². The Balaban J connectivity index is 1.29. The molecule has 9 nitrogen and oxygen atoms in total. The molecular weight excluding hydrogens is 614 g/mol. The molecular formula is C37H52F2N6O3. The largest absolute Gasteiger partial charge is 0.497 e. The normalized spacial score (nSPS) is 18.2. The average molecular weight is 667 g/mol. The number of nitrogens with zero attached hydrogens (tertiary/aromatic N) is 2. The Morgan fingerprint density at radius 3 is 2.35 bits per heavy atom. The number of aryl methyl sites for hydroxylation is 1. The molecule has 1 aliphatic heterocycles. The van der Waals surface area contributed by atoms with E-state index in [2.05, 4.69) is 38.0 Å².